The Hall–Kier alpha value is -1.94. The number of nitrogens with one attached hydrogen (secondary N) is 1. The molecule has 0 aromatic carbocycles. The van der Waals surface area contributed by atoms with E-state index in [4.69, 9.17) is 4.74 Å². The van der Waals surface area contributed by atoms with E-state index >= 15 is 0 Å². The van der Waals surface area contributed by atoms with Crippen LogP contribution < -0.4 is 10.1 Å². The third-order valence-electron chi connectivity index (χ3n) is 2.60. The van der Waals surface area contributed by atoms with E-state index in [9.17, 15) is 0 Å². The molecule has 2 aromatic rings. The number of ether oxygens (including phenoxy) is 1. The summed E-state index contributed by atoms with van der Waals surface area (Å²) in [5, 5.41) is 3.33. The Morgan fingerprint density at radius 3 is 2.78 bits per heavy atom. The van der Waals surface area contributed by atoms with E-state index in [-0.39, 0.29) is 0 Å². The summed E-state index contributed by atoms with van der Waals surface area (Å²) in [5.41, 5.74) is 3.17. The molecule has 0 aliphatic rings. The molecule has 4 heteroatoms. The predicted molar refractivity (Wildman–Crippen MR) is 70.3 cm³/mol. The summed E-state index contributed by atoms with van der Waals surface area (Å²) < 4.78 is 5.08. The van der Waals surface area contributed by atoms with Gasteiger partial charge in [0.2, 0.25) is 5.88 Å². The number of nitrogens with zero attached hydrogens (tertiary/aromatic N) is 2. The summed E-state index contributed by atoms with van der Waals surface area (Å²) in [6, 6.07) is 9.85. The van der Waals surface area contributed by atoms with Crippen molar-refractivity contribution in [3.05, 3.63) is 53.5 Å². The fourth-order valence-corrected chi connectivity index (χ4v) is 1.61. The number of aromatic nitrogens is 2. The second-order valence-corrected chi connectivity index (χ2v) is 4.08. The largest absolute Gasteiger partial charge is 0.481 e. The van der Waals surface area contributed by atoms with Crippen molar-refractivity contribution in [2.24, 2.45) is 0 Å². The van der Waals surface area contributed by atoms with Crippen molar-refractivity contribution in [1.29, 1.82) is 0 Å². The van der Waals surface area contributed by atoms with Gasteiger partial charge in [-0.2, -0.15) is 0 Å². The smallest absolute Gasteiger partial charge is 0.213 e. The highest BCUT2D eigenvalue weighted by Gasteiger charge is 1.98. The third kappa shape index (κ3) is 3.53. The summed E-state index contributed by atoms with van der Waals surface area (Å²) in [7, 11) is 1.62. The average Bonchev–Trinajstić information content (AvgIpc) is 2.41. The van der Waals surface area contributed by atoms with E-state index in [1.54, 1.807) is 7.11 Å². The second kappa shape index (κ2) is 6.12. The highest BCUT2D eigenvalue weighted by atomic mass is 16.5. The molecule has 0 radical (unpaired) electrons. The Morgan fingerprint density at radius 2 is 2.06 bits per heavy atom. The van der Waals surface area contributed by atoms with Crippen LogP contribution in [-0.4, -0.2) is 17.1 Å². The standard InChI is InChI=1S/C14H17N3O/c1-11-6-7-12(9-16-11)8-15-10-13-4-3-5-14(17-13)18-2/h3-7,9,15H,8,10H2,1-2H3. The van der Waals surface area contributed by atoms with Gasteiger partial charge < -0.3 is 10.1 Å². The van der Waals surface area contributed by atoms with Crippen molar-refractivity contribution >= 4 is 0 Å². The molecule has 0 unspecified atom stereocenters. The molecule has 1 N–H and O–H groups in total. The van der Waals surface area contributed by atoms with E-state index in [2.05, 4.69) is 21.4 Å². The zero-order valence-electron chi connectivity index (χ0n) is 10.7. The Morgan fingerprint density at radius 1 is 1.17 bits per heavy atom. The van der Waals surface area contributed by atoms with Gasteiger partial charge in [0.1, 0.15) is 0 Å². The molecule has 0 saturated carbocycles. The second-order valence-electron chi connectivity index (χ2n) is 4.08. The van der Waals surface area contributed by atoms with E-state index in [0.29, 0.717) is 12.4 Å². The zero-order valence-corrected chi connectivity index (χ0v) is 10.7. The van der Waals surface area contributed by atoms with Gasteiger partial charge in [0, 0.05) is 31.0 Å². The number of hydrogen-bond acceptors (Lipinski definition) is 4. The molecule has 2 heterocycles. The fourth-order valence-electron chi connectivity index (χ4n) is 1.61. The summed E-state index contributed by atoms with van der Waals surface area (Å²) in [6.45, 7) is 3.48. The molecule has 0 spiro atoms. The van der Waals surface area contributed by atoms with Crippen LogP contribution in [0.25, 0.3) is 0 Å². The molecule has 0 aliphatic carbocycles. The maximum atomic E-state index is 5.08. The van der Waals surface area contributed by atoms with Crippen molar-refractivity contribution < 1.29 is 4.74 Å². The van der Waals surface area contributed by atoms with Gasteiger partial charge in [-0.25, -0.2) is 4.98 Å². The van der Waals surface area contributed by atoms with E-state index in [1.807, 2.05) is 37.4 Å². The van der Waals surface area contributed by atoms with Crippen molar-refractivity contribution in [1.82, 2.24) is 15.3 Å². The van der Waals surface area contributed by atoms with Gasteiger partial charge in [0.25, 0.3) is 0 Å². The molecule has 2 aromatic heterocycles. The number of methoxy groups -OCH3 is 1. The minimum atomic E-state index is 0.645. The van der Waals surface area contributed by atoms with Crippen LogP contribution in [0.1, 0.15) is 17.0 Å². The topological polar surface area (TPSA) is 47.0 Å². The van der Waals surface area contributed by atoms with Gasteiger partial charge in [-0.05, 0) is 24.6 Å². The molecule has 0 fully saturated rings. The van der Waals surface area contributed by atoms with Crippen LogP contribution in [0.2, 0.25) is 0 Å². The van der Waals surface area contributed by atoms with Crippen LogP contribution >= 0.6 is 0 Å². The first-order valence-electron chi connectivity index (χ1n) is 5.90. The normalized spacial score (nSPS) is 10.3. The van der Waals surface area contributed by atoms with Gasteiger partial charge in [-0.1, -0.05) is 12.1 Å². The Kier molecular flexibility index (Phi) is 4.25. The average molecular weight is 243 g/mol. The van der Waals surface area contributed by atoms with Gasteiger partial charge >= 0.3 is 0 Å². The quantitative estimate of drug-likeness (QED) is 0.873. The van der Waals surface area contributed by atoms with Gasteiger partial charge in [0.05, 0.1) is 12.8 Å². The van der Waals surface area contributed by atoms with Crippen LogP contribution in [0.4, 0.5) is 0 Å². The first-order valence-corrected chi connectivity index (χ1v) is 5.90. The fraction of sp³-hybridized carbons (Fsp3) is 0.286. The van der Waals surface area contributed by atoms with Crippen LogP contribution in [-0.2, 0) is 13.1 Å². The molecule has 0 amide bonds. The monoisotopic (exact) mass is 243 g/mol. The summed E-state index contributed by atoms with van der Waals surface area (Å²) in [4.78, 5) is 8.59. The number of aryl methyl sites for hydroxylation is 1. The molecular formula is C14H17N3O. The Labute approximate surface area is 107 Å². The molecule has 2 rings (SSSR count). The zero-order chi connectivity index (χ0) is 12.8. The maximum Gasteiger partial charge on any atom is 0.213 e. The van der Waals surface area contributed by atoms with Crippen molar-refractivity contribution in [3.8, 4) is 5.88 Å². The van der Waals surface area contributed by atoms with Crippen LogP contribution in [0.15, 0.2) is 36.5 Å². The summed E-state index contributed by atoms with van der Waals surface area (Å²) >= 11 is 0. The number of hydrogen-bond donors (Lipinski definition) is 1. The van der Waals surface area contributed by atoms with Gasteiger partial charge in [-0.3, -0.25) is 4.98 Å². The maximum absolute atomic E-state index is 5.08. The van der Waals surface area contributed by atoms with Gasteiger partial charge in [0.15, 0.2) is 0 Å². The minimum absolute atomic E-state index is 0.645. The molecule has 0 bridgehead atoms. The van der Waals surface area contributed by atoms with Crippen LogP contribution in [0.5, 0.6) is 5.88 Å². The highest BCUT2D eigenvalue weighted by Crippen LogP contribution is 2.06. The summed E-state index contributed by atoms with van der Waals surface area (Å²) in [5.74, 6) is 0.645. The predicted octanol–water partition coefficient (Wildman–Crippen LogP) is 2.08. The van der Waals surface area contributed by atoms with Crippen LogP contribution in [0.3, 0.4) is 0 Å². The molecule has 0 saturated heterocycles. The van der Waals surface area contributed by atoms with Gasteiger partial charge in [-0.15, -0.1) is 0 Å². The molecule has 4 nitrogen and oxygen atoms in total. The molecular weight excluding hydrogens is 226 g/mol. The highest BCUT2D eigenvalue weighted by molar-refractivity contribution is 5.16. The number of rotatable bonds is 5. The lowest BCUT2D eigenvalue weighted by Crippen LogP contribution is -2.14. The van der Waals surface area contributed by atoms with E-state index in [0.717, 1.165) is 17.9 Å². The minimum Gasteiger partial charge on any atom is -0.481 e. The molecule has 0 aliphatic heterocycles. The van der Waals surface area contributed by atoms with Crippen molar-refractivity contribution in [2.45, 2.75) is 20.0 Å². The van der Waals surface area contributed by atoms with E-state index < -0.39 is 0 Å². The first kappa shape index (κ1) is 12.5. The SMILES string of the molecule is COc1cccc(CNCc2ccc(C)nc2)n1. The van der Waals surface area contributed by atoms with E-state index in [1.165, 1.54) is 5.56 Å². The van der Waals surface area contributed by atoms with Crippen molar-refractivity contribution in [3.63, 3.8) is 0 Å². The Balaban J connectivity index is 1.86. The number of pyridine rings is 2. The lowest BCUT2D eigenvalue weighted by molar-refractivity contribution is 0.395. The third-order valence-corrected chi connectivity index (χ3v) is 2.60. The van der Waals surface area contributed by atoms with Crippen molar-refractivity contribution in [2.75, 3.05) is 7.11 Å². The lowest BCUT2D eigenvalue weighted by atomic mass is 10.2. The lowest BCUT2D eigenvalue weighted by Gasteiger charge is -2.06. The summed E-state index contributed by atoms with van der Waals surface area (Å²) in [6.07, 6.45) is 1.89. The first-order chi connectivity index (χ1) is 8.78. The molecule has 18 heavy (non-hydrogen) atoms. The molecule has 94 valence electrons. The molecule has 0 atom stereocenters. The Bertz CT molecular complexity index is 497. The van der Waals surface area contributed by atoms with Crippen LogP contribution in [0, 0.1) is 6.92 Å².